The van der Waals surface area contributed by atoms with Crippen LogP contribution in [-0.4, -0.2) is 47.1 Å². The number of aromatic carboxylic acids is 1. The number of piperidine rings is 1. The molecule has 1 aliphatic rings. The number of nitrogens with zero attached hydrogens (tertiary/aromatic N) is 2. The van der Waals surface area contributed by atoms with E-state index in [0.717, 1.165) is 6.42 Å². The predicted molar refractivity (Wildman–Crippen MR) is 72.0 cm³/mol. The van der Waals surface area contributed by atoms with E-state index >= 15 is 0 Å². The third-order valence-electron chi connectivity index (χ3n) is 3.53. The highest BCUT2D eigenvalue weighted by Gasteiger charge is 2.36. The van der Waals surface area contributed by atoms with Gasteiger partial charge in [-0.15, -0.1) is 0 Å². The molecule has 2 unspecified atom stereocenters. The standard InChI is InChI=1S/C12H19N3O4S/c1-7-4-8(2)6-15(5-7)20(18,19)11-9(3)13-14-10(11)12(16)17/h7-8H,4-6H2,1-3H3,(H,13,14)(H,16,17). The topological polar surface area (TPSA) is 103 Å². The van der Waals surface area contributed by atoms with E-state index in [0.29, 0.717) is 13.1 Å². The van der Waals surface area contributed by atoms with Crippen LogP contribution in [-0.2, 0) is 10.0 Å². The molecule has 0 spiro atoms. The van der Waals surface area contributed by atoms with E-state index in [4.69, 9.17) is 5.11 Å². The van der Waals surface area contributed by atoms with E-state index in [-0.39, 0.29) is 22.4 Å². The number of sulfonamides is 1. The lowest BCUT2D eigenvalue weighted by Crippen LogP contribution is -2.43. The summed E-state index contributed by atoms with van der Waals surface area (Å²) in [5, 5.41) is 15.1. The van der Waals surface area contributed by atoms with Gasteiger partial charge in [0.1, 0.15) is 4.90 Å². The summed E-state index contributed by atoms with van der Waals surface area (Å²) < 4.78 is 26.7. The van der Waals surface area contributed by atoms with E-state index in [1.54, 1.807) is 0 Å². The molecular weight excluding hydrogens is 282 g/mol. The van der Waals surface area contributed by atoms with Crippen LogP contribution in [0.15, 0.2) is 4.90 Å². The number of carboxylic acid groups (broad SMARTS) is 1. The van der Waals surface area contributed by atoms with Gasteiger partial charge in [-0.05, 0) is 25.2 Å². The van der Waals surface area contributed by atoms with Crippen molar-refractivity contribution in [2.45, 2.75) is 32.1 Å². The molecular formula is C12H19N3O4S. The van der Waals surface area contributed by atoms with Crippen LogP contribution in [0, 0.1) is 18.8 Å². The molecule has 20 heavy (non-hydrogen) atoms. The van der Waals surface area contributed by atoms with Gasteiger partial charge < -0.3 is 5.11 Å². The number of aromatic amines is 1. The lowest BCUT2D eigenvalue weighted by atomic mass is 9.94. The van der Waals surface area contributed by atoms with E-state index in [1.165, 1.54) is 11.2 Å². The van der Waals surface area contributed by atoms with Crippen LogP contribution in [0.4, 0.5) is 0 Å². The van der Waals surface area contributed by atoms with Gasteiger partial charge in [0.25, 0.3) is 0 Å². The fraction of sp³-hybridized carbons (Fsp3) is 0.667. The van der Waals surface area contributed by atoms with Crippen molar-refractivity contribution >= 4 is 16.0 Å². The number of hydrogen-bond acceptors (Lipinski definition) is 4. The molecule has 0 aromatic carbocycles. The molecule has 112 valence electrons. The molecule has 1 fully saturated rings. The zero-order chi connectivity index (χ0) is 15.1. The highest BCUT2D eigenvalue weighted by molar-refractivity contribution is 7.89. The van der Waals surface area contributed by atoms with Gasteiger partial charge in [0.05, 0.1) is 5.69 Å². The van der Waals surface area contributed by atoms with E-state index in [1.807, 2.05) is 13.8 Å². The Morgan fingerprint density at radius 3 is 2.40 bits per heavy atom. The number of rotatable bonds is 3. The second-order valence-corrected chi connectivity index (χ2v) is 7.47. The van der Waals surface area contributed by atoms with Crippen molar-refractivity contribution < 1.29 is 18.3 Å². The van der Waals surface area contributed by atoms with Gasteiger partial charge in [0.2, 0.25) is 10.0 Å². The van der Waals surface area contributed by atoms with Crippen molar-refractivity contribution in [2.24, 2.45) is 11.8 Å². The van der Waals surface area contributed by atoms with Crippen molar-refractivity contribution in [3.8, 4) is 0 Å². The van der Waals surface area contributed by atoms with Crippen LogP contribution in [0.3, 0.4) is 0 Å². The maximum atomic E-state index is 12.7. The van der Waals surface area contributed by atoms with Gasteiger partial charge in [-0.2, -0.15) is 9.40 Å². The minimum absolute atomic E-state index is 0.216. The third kappa shape index (κ3) is 2.57. The first-order valence-electron chi connectivity index (χ1n) is 6.52. The Hall–Kier alpha value is -1.41. The second-order valence-electron chi connectivity index (χ2n) is 5.60. The van der Waals surface area contributed by atoms with E-state index in [9.17, 15) is 13.2 Å². The fourth-order valence-corrected chi connectivity index (χ4v) is 4.78. The van der Waals surface area contributed by atoms with Crippen molar-refractivity contribution in [3.63, 3.8) is 0 Å². The Labute approximate surface area is 118 Å². The zero-order valence-electron chi connectivity index (χ0n) is 11.8. The summed E-state index contributed by atoms with van der Waals surface area (Å²) in [7, 11) is -3.83. The minimum atomic E-state index is -3.83. The number of hydrogen-bond donors (Lipinski definition) is 2. The van der Waals surface area contributed by atoms with Crippen LogP contribution < -0.4 is 0 Å². The number of carbonyl (C=O) groups is 1. The van der Waals surface area contributed by atoms with Crippen LogP contribution in [0.5, 0.6) is 0 Å². The molecule has 1 aromatic heterocycles. The monoisotopic (exact) mass is 301 g/mol. The lowest BCUT2D eigenvalue weighted by Gasteiger charge is -2.33. The SMILES string of the molecule is Cc1[nH]nc(C(=O)O)c1S(=O)(=O)N1CC(C)CC(C)C1. The van der Waals surface area contributed by atoms with Crippen LogP contribution in [0.25, 0.3) is 0 Å². The van der Waals surface area contributed by atoms with E-state index in [2.05, 4.69) is 10.2 Å². The van der Waals surface area contributed by atoms with E-state index < -0.39 is 21.7 Å². The first-order valence-corrected chi connectivity index (χ1v) is 7.96. The average molecular weight is 301 g/mol. The normalized spacial score (nSPS) is 24.8. The summed E-state index contributed by atoms with van der Waals surface area (Å²) in [6.45, 7) is 6.34. The maximum Gasteiger partial charge on any atom is 0.357 e. The fourth-order valence-electron chi connectivity index (χ4n) is 2.81. The van der Waals surface area contributed by atoms with Gasteiger partial charge >= 0.3 is 5.97 Å². The maximum absolute atomic E-state index is 12.7. The molecule has 8 heteroatoms. The molecule has 1 saturated heterocycles. The van der Waals surface area contributed by atoms with Gasteiger partial charge in [-0.25, -0.2) is 13.2 Å². The summed E-state index contributed by atoms with van der Waals surface area (Å²) in [5.41, 5.74) is -0.179. The first-order chi connectivity index (χ1) is 9.23. The number of H-pyrrole nitrogens is 1. The molecule has 7 nitrogen and oxygen atoms in total. The number of aryl methyl sites for hydroxylation is 1. The molecule has 0 radical (unpaired) electrons. The number of nitrogens with one attached hydrogen (secondary N) is 1. The highest BCUT2D eigenvalue weighted by atomic mass is 32.2. The Morgan fingerprint density at radius 1 is 1.35 bits per heavy atom. The molecule has 2 atom stereocenters. The van der Waals surface area contributed by atoms with Crippen molar-refractivity contribution in [1.29, 1.82) is 0 Å². The molecule has 1 aromatic rings. The quantitative estimate of drug-likeness (QED) is 0.869. The minimum Gasteiger partial charge on any atom is -0.476 e. The molecule has 0 bridgehead atoms. The summed E-state index contributed by atoms with van der Waals surface area (Å²) in [4.78, 5) is 10.9. The highest BCUT2D eigenvalue weighted by Crippen LogP contribution is 2.29. The Kier molecular flexibility index (Phi) is 3.88. The molecule has 2 rings (SSSR count). The predicted octanol–water partition coefficient (Wildman–Crippen LogP) is 1.08. The summed E-state index contributed by atoms with van der Waals surface area (Å²) in [6.07, 6.45) is 0.974. The average Bonchev–Trinajstić information content (AvgIpc) is 2.70. The Morgan fingerprint density at radius 2 is 1.90 bits per heavy atom. The van der Waals surface area contributed by atoms with Gasteiger partial charge in [0.15, 0.2) is 5.69 Å². The summed E-state index contributed by atoms with van der Waals surface area (Å²) in [6, 6.07) is 0. The molecule has 1 aliphatic heterocycles. The molecule has 0 saturated carbocycles. The summed E-state index contributed by atoms with van der Waals surface area (Å²) in [5.74, 6) is -0.825. The molecule has 2 heterocycles. The Balaban J connectivity index is 2.45. The molecule has 0 amide bonds. The molecule has 0 aliphatic carbocycles. The van der Waals surface area contributed by atoms with Gasteiger partial charge in [0, 0.05) is 13.1 Å². The zero-order valence-corrected chi connectivity index (χ0v) is 12.6. The smallest absolute Gasteiger partial charge is 0.357 e. The Bertz CT molecular complexity index is 613. The van der Waals surface area contributed by atoms with Crippen LogP contribution >= 0.6 is 0 Å². The number of carboxylic acids is 1. The largest absolute Gasteiger partial charge is 0.476 e. The number of aromatic nitrogens is 2. The molecule has 2 N–H and O–H groups in total. The van der Waals surface area contributed by atoms with Gasteiger partial charge in [-0.3, -0.25) is 5.10 Å². The van der Waals surface area contributed by atoms with Crippen molar-refractivity contribution in [2.75, 3.05) is 13.1 Å². The van der Waals surface area contributed by atoms with Crippen molar-refractivity contribution in [3.05, 3.63) is 11.4 Å². The van der Waals surface area contributed by atoms with Gasteiger partial charge in [-0.1, -0.05) is 13.8 Å². The van der Waals surface area contributed by atoms with Crippen LogP contribution in [0.1, 0.15) is 36.5 Å². The van der Waals surface area contributed by atoms with Crippen LogP contribution in [0.2, 0.25) is 0 Å². The summed E-state index contributed by atoms with van der Waals surface area (Å²) >= 11 is 0. The second kappa shape index (κ2) is 5.17. The third-order valence-corrected chi connectivity index (χ3v) is 5.52. The first kappa shape index (κ1) is 15.0. The lowest BCUT2D eigenvalue weighted by molar-refractivity contribution is 0.0686. The van der Waals surface area contributed by atoms with Crippen molar-refractivity contribution in [1.82, 2.24) is 14.5 Å².